The van der Waals surface area contributed by atoms with Crippen molar-refractivity contribution in [1.82, 2.24) is 9.88 Å². The Morgan fingerprint density at radius 1 is 1.06 bits per heavy atom. The van der Waals surface area contributed by atoms with E-state index in [1.54, 1.807) is 12.1 Å². The van der Waals surface area contributed by atoms with E-state index in [1.165, 1.54) is 17.7 Å². The van der Waals surface area contributed by atoms with Gasteiger partial charge in [0.15, 0.2) is 5.58 Å². The molecule has 1 aromatic heterocycles. The summed E-state index contributed by atoms with van der Waals surface area (Å²) in [6, 6.07) is 19.8. The lowest BCUT2D eigenvalue weighted by Crippen LogP contribution is -2.30. The molecule has 156 valence electrons. The molecule has 5 rings (SSSR count). The summed E-state index contributed by atoms with van der Waals surface area (Å²) in [7, 11) is 0. The number of amides is 1. The van der Waals surface area contributed by atoms with Gasteiger partial charge in [-0.2, -0.15) is 0 Å². The van der Waals surface area contributed by atoms with Crippen molar-refractivity contribution < 1.29 is 13.6 Å². The highest BCUT2D eigenvalue weighted by atomic mass is 19.1. The van der Waals surface area contributed by atoms with Crippen LogP contribution in [-0.2, 0) is 6.42 Å². The van der Waals surface area contributed by atoms with Crippen LogP contribution >= 0.6 is 0 Å². The van der Waals surface area contributed by atoms with E-state index in [9.17, 15) is 9.18 Å². The molecule has 2 heterocycles. The Kier molecular flexibility index (Phi) is 5.02. The van der Waals surface area contributed by atoms with E-state index in [-0.39, 0.29) is 17.8 Å². The lowest BCUT2D eigenvalue weighted by molar-refractivity contribution is 0.0717. The summed E-state index contributed by atoms with van der Waals surface area (Å²) < 4.78 is 19.3. The number of carbonyl (C=O) groups excluding carboxylic acids is 1. The highest BCUT2D eigenvalue weighted by molar-refractivity contribution is 5.94. The molecule has 0 aliphatic carbocycles. The van der Waals surface area contributed by atoms with Crippen LogP contribution in [0.5, 0.6) is 0 Å². The number of nitrogens with zero attached hydrogens (tertiary/aromatic N) is 2. The number of likely N-dealkylation sites (tertiary alicyclic amines) is 1. The molecule has 0 bridgehead atoms. The second-order valence-corrected chi connectivity index (χ2v) is 7.95. The minimum absolute atomic E-state index is 0.0133. The largest absolute Gasteiger partial charge is 0.438 e. The van der Waals surface area contributed by atoms with Crippen molar-refractivity contribution in [3.63, 3.8) is 0 Å². The number of carbonyl (C=O) groups is 1. The molecule has 1 fully saturated rings. The minimum Gasteiger partial charge on any atom is -0.438 e. The van der Waals surface area contributed by atoms with Crippen LogP contribution in [0.15, 0.2) is 71.1 Å². The molecule has 1 aliphatic rings. The van der Waals surface area contributed by atoms with Crippen molar-refractivity contribution in [2.45, 2.75) is 32.2 Å². The third-order valence-corrected chi connectivity index (χ3v) is 5.99. The van der Waals surface area contributed by atoms with Gasteiger partial charge in [0, 0.05) is 12.1 Å². The molecular formula is C26H23FN2O2. The van der Waals surface area contributed by atoms with E-state index in [2.05, 4.69) is 6.92 Å². The molecular weight excluding hydrogens is 391 g/mol. The molecule has 1 aliphatic heterocycles. The second kappa shape index (κ2) is 7.99. The van der Waals surface area contributed by atoms with Gasteiger partial charge >= 0.3 is 0 Å². The molecule has 4 nitrogen and oxygen atoms in total. The number of hydrogen-bond acceptors (Lipinski definition) is 3. The van der Waals surface area contributed by atoms with Crippen molar-refractivity contribution in [2.24, 2.45) is 0 Å². The fourth-order valence-corrected chi connectivity index (χ4v) is 4.23. The van der Waals surface area contributed by atoms with E-state index in [4.69, 9.17) is 9.40 Å². The van der Waals surface area contributed by atoms with Crippen LogP contribution in [0.3, 0.4) is 0 Å². The van der Waals surface area contributed by atoms with Crippen LogP contribution in [0.25, 0.3) is 22.2 Å². The van der Waals surface area contributed by atoms with Crippen LogP contribution in [0, 0.1) is 5.82 Å². The first kappa shape index (κ1) is 19.5. The van der Waals surface area contributed by atoms with Gasteiger partial charge in [-0.1, -0.05) is 37.3 Å². The van der Waals surface area contributed by atoms with Crippen molar-refractivity contribution in [3.8, 4) is 11.1 Å². The zero-order valence-electron chi connectivity index (χ0n) is 17.3. The van der Waals surface area contributed by atoms with Gasteiger partial charge in [-0.05, 0) is 72.4 Å². The average Bonchev–Trinajstić information content (AvgIpc) is 3.45. The first-order valence-corrected chi connectivity index (χ1v) is 10.7. The van der Waals surface area contributed by atoms with Crippen LogP contribution in [0.1, 0.15) is 47.6 Å². The highest BCUT2D eigenvalue weighted by Crippen LogP contribution is 2.35. The lowest BCUT2D eigenvalue weighted by atomic mass is 10.1. The monoisotopic (exact) mass is 414 g/mol. The number of benzene rings is 3. The predicted molar refractivity (Wildman–Crippen MR) is 118 cm³/mol. The number of aromatic nitrogens is 1. The summed E-state index contributed by atoms with van der Waals surface area (Å²) in [5, 5.41) is 0. The quantitative estimate of drug-likeness (QED) is 0.401. The van der Waals surface area contributed by atoms with Gasteiger partial charge in [0.25, 0.3) is 5.91 Å². The molecule has 1 unspecified atom stereocenters. The Morgan fingerprint density at radius 2 is 1.81 bits per heavy atom. The number of oxazole rings is 1. The van der Waals surface area contributed by atoms with Gasteiger partial charge in [-0.25, -0.2) is 9.37 Å². The molecule has 0 radical (unpaired) electrons. The van der Waals surface area contributed by atoms with Gasteiger partial charge in [-0.3, -0.25) is 4.79 Å². The van der Waals surface area contributed by atoms with Gasteiger partial charge in [0.05, 0.1) is 0 Å². The number of fused-ring (bicyclic) bond motifs is 1. The number of aryl methyl sites for hydroxylation is 1. The minimum atomic E-state index is -0.260. The van der Waals surface area contributed by atoms with Crippen LogP contribution in [0.4, 0.5) is 4.39 Å². The zero-order chi connectivity index (χ0) is 21.4. The van der Waals surface area contributed by atoms with E-state index >= 15 is 0 Å². The van der Waals surface area contributed by atoms with Gasteiger partial charge in [-0.15, -0.1) is 0 Å². The van der Waals surface area contributed by atoms with E-state index < -0.39 is 0 Å². The van der Waals surface area contributed by atoms with Gasteiger partial charge < -0.3 is 9.32 Å². The highest BCUT2D eigenvalue weighted by Gasteiger charge is 2.34. The molecule has 31 heavy (non-hydrogen) atoms. The average molecular weight is 414 g/mol. The summed E-state index contributed by atoms with van der Waals surface area (Å²) in [6.07, 6.45) is 2.70. The predicted octanol–water partition coefficient (Wildman–Crippen LogP) is 6.17. The third kappa shape index (κ3) is 3.72. The van der Waals surface area contributed by atoms with Crippen LogP contribution < -0.4 is 0 Å². The lowest BCUT2D eigenvalue weighted by Gasteiger charge is -2.22. The van der Waals surface area contributed by atoms with Crippen LogP contribution in [-0.4, -0.2) is 22.3 Å². The zero-order valence-corrected chi connectivity index (χ0v) is 17.3. The number of hydrogen-bond donors (Lipinski definition) is 0. The van der Waals surface area contributed by atoms with E-state index in [1.807, 2.05) is 47.4 Å². The Morgan fingerprint density at radius 3 is 2.55 bits per heavy atom. The fraction of sp³-hybridized carbons (Fsp3) is 0.231. The number of rotatable bonds is 4. The first-order valence-electron chi connectivity index (χ1n) is 10.7. The fourth-order valence-electron chi connectivity index (χ4n) is 4.23. The summed E-state index contributed by atoms with van der Waals surface area (Å²) in [5.41, 5.74) is 5.20. The summed E-state index contributed by atoms with van der Waals surface area (Å²) in [6.45, 7) is 2.79. The van der Waals surface area contributed by atoms with Crippen molar-refractivity contribution in [1.29, 1.82) is 0 Å². The Labute approximate surface area is 180 Å². The summed E-state index contributed by atoms with van der Waals surface area (Å²) in [4.78, 5) is 19.7. The van der Waals surface area contributed by atoms with Crippen LogP contribution in [0.2, 0.25) is 0 Å². The summed E-state index contributed by atoms with van der Waals surface area (Å²) >= 11 is 0. The summed E-state index contributed by atoms with van der Waals surface area (Å²) in [5.74, 6) is 0.325. The second-order valence-electron chi connectivity index (χ2n) is 7.95. The Bertz CT molecular complexity index is 1230. The maximum absolute atomic E-state index is 13.2. The van der Waals surface area contributed by atoms with Gasteiger partial charge in [0.2, 0.25) is 5.89 Å². The van der Waals surface area contributed by atoms with Gasteiger partial charge in [0.1, 0.15) is 17.4 Å². The van der Waals surface area contributed by atoms with Crippen molar-refractivity contribution in [3.05, 3.63) is 89.6 Å². The van der Waals surface area contributed by atoms with E-state index in [0.717, 1.165) is 35.9 Å². The smallest absolute Gasteiger partial charge is 0.254 e. The standard InChI is InChI=1S/C26H23FN2O2/c1-2-17-5-7-19(8-6-17)26(30)29-15-3-4-23(29)25-28-22-16-20(11-14-24(22)31-25)18-9-12-21(27)13-10-18/h5-14,16,23H,2-4,15H2,1H3. The Hall–Kier alpha value is -3.47. The SMILES string of the molecule is CCc1ccc(C(=O)N2CCCC2c2nc3cc(-c4ccc(F)cc4)ccc3o2)cc1. The first-order chi connectivity index (χ1) is 15.1. The molecule has 5 heteroatoms. The molecule has 0 N–H and O–H groups in total. The van der Waals surface area contributed by atoms with Crippen molar-refractivity contribution in [2.75, 3.05) is 6.54 Å². The molecule has 0 saturated carbocycles. The normalized spacial score (nSPS) is 16.2. The van der Waals surface area contributed by atoms with E-state index in [0.29, 0.717) is 23.6 Å². The molecule has 3 aromatic carbocycles. The maximum atomic E-state index is 13.2. The maximum Gasteiger partial charge on any atom is 0.254 e. The third-order valence-electron chi connectivity index (χ3n) is 5.99. The molecule has 1 atom stereocenters. The molecule has 1 amide bonds. The topological polar surface area (TPSA) is 46.3 Å². The molecule has 4 aromatic rings. The molecule has 1 saturated heterocycles. The van der Waals surface area contributed by atoms with Crippen molar-refractivity contribution >= 4 is 17.0 Å². The number of halogens is 1. The Balaban J connectivity index is 1.43. The molecule has 0 spiro atoms.